The Morgan fingerprint density at radius 2 is 1.91 bits per heavy atom. The van der Waals surface area contributed by atoms with Crippen LogP contribution in [-0.4, -0.2) is 30.5 Å². The van der Waals surface area contributed by atoms with Crippen molar-refractivity contribution in [2.45, 2.75) is 111 Å². The molecule has 34 heavy (non-hydrogen) atoms. The minimum Gasteiger partial charge on any atom is -0.446 e. The van der Waals surface area contributed by atoms with Gasteiger partial charge in [-0.2, -0.15) is 0 Å². The van der Waals surface area contributed by atoms with Crippen molar-refractivity contribution in [3.8, 4) is 0 Å². The third kappa shape index (κ3) is 4.95. The Hall–Kier alpha value is -1.03. The zero-order valence-corrected chi connectivity index (χ0v) is 22.6. The summed E-state index contributed by atoms with van der Waals surface area (Å²) in [4.78, 5) is 12.0. The number of ether oxygens (including phenoxy) is 1. The van der Waals surface area contributed by atoms with E-state index < -0.39 is 0 Å². The van der Waals surface area contributed by atoms with Crippen LogP contribution in [0.5, 0.6) is 0 Å². The molecule has 0 bridgehead atoms. The quantitative estimate of drug-likeness (QED) is 0.369. The molecule has 3 fully saturated rings. The third-order valence-corrected chi connectivity index (χ3v) is 10.9. The minimum absolute atomic E-state index is 0.0222. The van der Waals surface area contributed by atoms with E-state index in [1.165, 1.54) is 51.4 Å². The lowest BCUT2D eigenvalue weighted by Gasteiger charge is -2.58. The van der Waals surface area contributed by atoms with Gasteiger partial charge in [0.2, 0.25) is 0 Å². The molecule has 0 spiro atoms. The average molecular weight is 474 g/mol. The van der Waals surface area contributed by atoms with Crippen molar-refractivity contribution < 1.29 is 14.6 Å². The van der Waals surface area contributed by atoms with Crippen LogP contribution in [0.15, 0.2) is 11.6 Å². The van der Waals surface area contributed by atoms with E-state index in [-0.39, 0.29) is 30.8 Å². The Kier molecular flexibility index (Phi) is 8.06. The maximum atomic E-state index is 12.0. The maximum absolute atomic E-state index is 12.0. The molecule has 4 aliphatic carbocycles. The van der Waals surface area contributed by atoms with Crippen LogP contribution in [-0.2, 0) is 4.74 Å². The molecule has 4 aliphatic rings. The van der Waals surface area contributed by atoms with E-state index >= 15 is 0 Å². The molecule has 0 aliphatic heterocycles. The lowest BCUT2D eigenvalue weighted by atomic mass is 9.47. The molecule has 1 amide bonds. The summed E-state index contributed by atoms with van der Waals surface area (Å²) in [6.07, 6.45) is 16.2. The van der Waals surface area contributed by atoms with Crippen LogP contribution in [0.3, 0.4) is 0 Å². The molecule has 4 rings (SSSR count). The van der Waals surface area contributed by atoms with E-state index in [4.69, 9.17) is 9.84 Å². The Balaban J connectivity index is 1.41. The molecule has 2 N–H and O–H groups in total. The van der Waals surface area contributed by atoms with Crippen LogP contribution in [0.1, 0.15) is 105 Å². The SMILES string of the molecule is CC(C)CCC[C@H](C)[C@@H]1CCC2C3CC=C4C[C@H](OC(=O)NCCO)CC[C@@]4(C)C3CC[C@]21C. The van der Waals surface area contributed by atoms with Crippen LogP contribution >= 0.6 is 0 Å². The Morgan fingerprint density at radius 1 is 1.12 bits per heavy atom. The predicted octanol–water partition coefficient (Wildman–Crippen LogP) is 7.11. The third-order valence-electron chi connectivity index (χ3n) is 10.9. The van der Waals surface area contributed by atoms with Crippen molar-refractivity contribution in [3.63, 3.8) is 0 Å². The molecule has 4 nitrogen and oxygen atoms in total. The van der Waals surface area contributed by atoms with E-state index in [2.05, 4.69) is 46.0 Å². The van der Waals surface area contributed by atoms with Gasteiger partial charge in [-0.1, -0.05) is 65.5 Å². The lowest BCUT2D eigenvalue weighted by molar-refractivity contribution is -0.0581. The van der Waals surface area contributed by atoms with Crippen LogP contribution in [0, 0.1) is 46.3 Å². The van der Waals surface area contributed by atoms with Gasteiger partial charge in [0.25, 0.3) is 0 Å². The molecule has 0 radical (unpaired) electrons. The van der Waals surface area contributed by atoms with E-state index in [1.54, 1.807) is 5.57 Å². The Bertz CT molecular complexity index is 747. The second kappa shape index (κ2) is 10.5. The van der Waals surface area contributed by atoms with E-state index in [0.29, 0.717) is 5.41 Å². The fraction of sp³-hybridized carbons (Fsp3) is 0.900. The van der Waals surface area contributed by atoms with Gasteiger partial charge in [0.15, 0.2) is 0 Å². The number of hydrogen-bond acceptors (Lipinski definition) is 3. The summed E-state index contributed by atoms with van der Waals surface area (Å²) >= 11 is 0. The van der Waals surface area contributed by atoms with Crippen molar-refractivity contribution in [1.29, 1.82) is 0 Å². The molecule has 3 saturated carbocycles. The normalized spacial score (nSPS) is 40.1. The van der Waals surface area contributed by atoms with Gasteiger partial charge < -0.3 is 15.2 Å². The van der Waals surface area contributed by atoms with Gasteiger partial charge in [-0.15, -0.1) is 0 Å². The largest absolute Gasteiger partial charge is 0.446 e. The van der Waals surface area contributed by atoms with Crippen LogP contribution in [0.25, 0.3) is 0 Å². The van der Waals surface area contributed by atoms with E-state index in [1.807, 2.05) is 0 Å². The summed E-state index contributed by atoms with van der Waals surface area (Å²) in [5, 5.41) is 11.6. The first kappa shape index (κ1) is 26.0. The molecular weight excluding hydrogens is 422 g/mol. The summed E-state index contributed by atoms with van der Waals surface area (Å²) in [6.45, 7) is 12.7. The minimum atomic E-state index is -0.384. The second-order valence-corrected chi connectivity index (χ2v) is 13.2. The number of fused-ring (bicyclic) bond motifs is 5. The summed E-state index contributed by atoms with van der Waals surface area (Å²) in [6, 6.07) is 0. The monoisotopic (exact) mass is 473 g/mol. The smallest absolute Gasteiger partial charge is 0.407 e. The van der Waals surface area contributed by atoms with Gasteiger partial charge in [-0.25, -0.2) is 4.79 Å². The van der Waals surface area contributed by atoms with Crippen molar-refractivity contribution in [1.82, 2.24) is 5.32 Å². The molecule has 4 heteroatoms. The number of aliphatic hydroxyl groups excluding tert-OH is 1. The van der Waals surface area contributed by atoms with Gasteiger partial charge in [0.1, 0.15) is 6.10 Å². The van der Waals surface area contributed by atoms with Crippen molar-refractivity contribution in [3.05, 3.63) is 11.6 Å². The molecule has 0 heterocycles. The van der Waals surface area contributed by atoms with Crippen LogP contribution in [0.2, 0.25) is 0 Å². The summed E-state index contributed by atoms with van der Waals surface area (Å²) in [5.74, 6) is 5.12. The number of alkyl carbamates (subject to hydrolysis) is 1. The number of nitrogens with one attached hydrogen (secondary N) is 1. The highest BCUT2D eigenvalue weighted by Crippen LogP contribution is 2.67. The first-order valence-electron chi connectivity index (χ1n) is 14.4. The van der Waals surface area contributed by atoms with Gasteiger partial charge in [-0.05, 0) is 91.3 Å². The number of allylic oxidation sites excluding steroid dienone is 1. The van der Waals surface area contributed by atoms with Gasteiger partial charge in [0.05, 0.1) is 6.61 Å². The zero-order valence-electron chi connectivity index (χ0n) is 22.6. The summed E-state index contributed by atoms with van der Waals surface area (Å²) in [5.41, 5.74) is 2.37. The first-order chi connectivity index (χ1) is 16.2. The molecule has 8 atom stereocenters. The standard InChI is InChI=1S/C30H51NO3/c1-20(2)7-6-8-21(3)25-11-12-26-24-10-9-22-19-23(34-28(33)31-17-18-32)13-15-29(22,4)27(24)14-16-30(25,26)5/h9,20-21,23-27,32H,6-8,10-19H2,1-5H3,(H,31,33)/t21-,23+,24?,25-,26?,27?,29+,30-/m0/s1. The van der Waals surface area contributed by atoms with Crippen molar-refractivity contribution >= 4 is 6.09 Å². The van der Waals surface area contributed by atoms with Crippen molar-refractivity contribution in [2.24, 2.45) is 46.3 Å². The first-order valence-corrected chi connectivity index (χ1v) is 14.4. The lowest BCUT2D eigenvalue weighted by Crippen LogP contribution is -2.51. The molecule has 0 aromatic rings. The van der Waals surface area contributed by atoms with E-state index in [9.17, 15) is 4.79 Å². The molecule has 0 aromatic carbocycles. The molecule has 0 aromatic heterocycles. The molecule has 0 saturated heterocycles. The number of rotatable bonds is 8. The highest BCUT2D eigenvalue weighted by molar-refractivity contribution is 5.67. The van der Waals surface area contributed by atoms with Gasteiger partial charge in [-0.3, -0.25) is 0 Å². The Morgan fingerprint density at radius 3 is 2.65 bits per heavy atom. The van der Waals surface area contributed by atoms with E-state index in [0.717, 1.165) is 54.8 Å². The van der Waals surface area contributed by atoms with Crippen LogP contribution in [0.4, 0.5) is 4.79 Å². The highest BCUT2D eigenvalue weighted by Gasteiger charge is 2.59. The number of aliphatic hydroxyl groups is 1. The average Bonchev–Trinajstić information content (AvgIpc) is 3.15. The fourth-order valence-electron chi connectivity index (χ4n) is 9.10. The summed E-state index contributed by atoms with van der Waals surface area (Å²) < 4.78 is 5.69. The molecule has 194 valence electrons. The number of hydrogen-bond donors (Lipinski definition) is 2. The van der Waals surface area contributed by atoms with Gasteiger partial charge >= 0.3 is 6.09 Å². The number of carbonyl (C=O) groups is 1. The fourth-order valence-corrected chi connectivity index (χ4v) is 9.10. The van der Waals surface area contributed by atoms with Crippen molar-refractivity contribution in [2.75, 3.05) is 13.2 Å². The predicted molar refractivity (Wildman–Crippen MR) is 138 cm³/mol. The molecule has 3 unspecified atom stereocenters. The van der Waals surface area contributed by atoms with Gasteiger partial charge in [0, 0.05) is 13.0 Å². The molecular formula is C30H51NO3. The zero-order chi connectivity index (χ0) is 24.5. The summed E-state index contributed by atoms with van der Waals surface area (Å²) in [7, 11) is 0. The maximum Gasteiger partial charge on any atom is 0.407 e. The highest BCUT2D eigenvalue weighted by atomic mass is 16.6. The van der Waals surface area contributed by atoms with Crippen LogP contribution < -0.4 is 5.32 Å². The second-order valence-electron chi connectivity index (χ2n) is 13.2. The number of carbonyl (C=O) groups excluding carboxylic acids is 1. The number of amides is 1. The Labute approximate surface area is 208 Å². The topological polar surface area (TPSA) is 58.6 Å².